The number of fused-ring (bicyclic) bond motifs is 1. The predicted molar refractivity (Wildman–Crippen MR) is 85.4 cm³/mol. The van der Waals surface area contributed by atoms with E-state index in [0.29, 0.717) is 13.1 Å². The maximum Gasteiger partial charge on any atom is 0.0869 e. The number of hydrogen-bond acceptors (Lipinski definition) is 4. The molecule has 1 saturated heterocycles. The molecule has 1 unspecified atom stereocenters. The Morgan fingerprint density at radius 1 is 1.45 bits per heavy atom. The molecular weight excluding hydrogens is 292 g/mol. The van der Waals surface area contributed by atoms with E-state index in [1.165, 1.54) is 0 Å². The number of aromatic nitrogens is 1. The Balaban J connectivity index is 1.74. The molecular formula is C15H17ClN2OS. The third-order valence-electron chi connectivity index (χ3n) is 3.60. The highest BCUT2D eigenvalue weighted by atomic mass is 35.5. The van der Waals surface area contributed by atoms with Crippen LogP contribution in [0.15, 0.2) is 30.5 Å². The van der Waals surface area contributed by atoms with Gasteiger partial charge < -0.3 is 10.4 Å². The highest BCUT2D eigenvalue weighted by Crippen LogP contribution is 2.27. The first kappa shape index (κ1) is 14.1. The van der Waals surface area contributed by atoms with Gasteiger partial charge in [0.2, 0.25) is 0 Å². The lowest BCUT2D eigenvalue weighted by Crippen LogP contribution is -2.40. The lowest BCUT2D eigenvalue weighted by molar-refractivity contribution is 0.0675. The lowest BCUT2D eigenvalue weighted by atomic mass is 10.0. The van der Waals surface area contributed by atoms with Crippen LogP contribution in [0.2, 0.25) is 5.02 Å². The molecule has 3 rings (SSSR count). The maximum atomic E-state index is 10.3. The van der Waals surface area contributed by atoms with Gasteiger partial charge in [-0.3, -0.25) is 4.98 Å². The predicted octanol–water partition coefficient (Wildman–Crippen LogP) is 2.85. The topological polar surface area (TPSA) is 45.1 Å². The Hall–Kier alpha value is -0.810. The molecule has 1 fully saturated rings. The summed E-state index contributed by atoms with van der Waals surface area (Å²) in [6.45, 7) is 1.28. The second-order valence-electron chi connectivity index (χ2n) is 5.27. The highest BCUT2D eigenvalue weighted by molar-refractivity contribution is 7.99. The molecule has 1 aliphatic rings. The Morgan fingerprint density at radius 3 is 3.15 bits per heavy atom. The fourth-order valence-corrected chi connectivity index (χ4v) is 4.07. The summed E-state index contributed by atoms with van der Waals surface area (Å²) in [6, 6.07) is 7.79. The van der Waals surface area contributed by atoms with Crippen molar-refractivity contribution in [3.05, 3.63) is 41.0 Å². The van der Waals surface area contributed by atoms with Gasteiger partial charge >= 0.3 is 0 Å². The van der Waals surface area contributed by atoms with Gasteiger partial charge in [0.25, 0.3) is 0 Å². The third kappa shape index (κ3) is 3.09. The molecule has 106 valence electrons. The summed E-state index contributed by atoms with van der Waals surface area (Å²) < 4.78 is 0. The van der Waals surface area contributed by atoms with Crippen molar-refractivity contribution in [2.75, 3.05) is 18.1 Å². The van der Waals surface area contributed by atoms with Crippen LogP contribution < -0.4 is 5.32 Å². The van der Waals surface area contributed by atoms with Gasteiger partial charge in [-0.1, -0.05) is 17.7 Å². The van der Waals surface area contributed by atoms with Gasteiger partial charge in [0.05, 0.1) is 11.1 Å². The van der Waals surface area contributed by atoms with Crippen molar-refractivity contribution < 1.29 is 5.11 Å². The monoisotopic (exact) mass is 308 g/mol. The van der Waals surface area contributed by atoms with E-state index in [-0.39, 0.29) is 0 Å². The second-order valence-corrected chi connectivity index (χ2v) is 6.81. The Bertz CT molecular complexity index is 614. The molecule has 0 saturated carbocycles. The van der Waals surface area contributed by atoms with Crippen LogP contribution in [0.25, 0.3) is 10.9 Å². The minimum atomic E-state index is -0.563. The summed E-state index contributed by atoms with van der Waals surface area (Å²) in [6.07, 6.45) is 2.65. The molecule has 1 aromatic carbocycles. The standard InChI is InChI=1S/C15H17ClN2OS/c16-13-6-11-2-1-4-18-14(11)12(7-13)8-17-9-15(19)3-5-20-10-15/h1-2,4,6-7,17,19H,3,5,8-10H2. The Labute approximate surface area is 127 Å². The van der Waals surface area contributed by atoms with Gasteiger partial charge in [0.15, 0.2) is 0 Å². The molecule has 1 atom stereocenters. The SMILES string of the molecule is OC1(CNCc2cc(Cl)cc3cccnc23)CCSC1. The van der Waals surface area contributed by atoms with Crippen molar-refractivity contribution in [3.63, 3.8) is 0 Å². The third-order valence-corrected chi connectivity index (χ3v) is 5.05. The van der Waals surface area contributed by atoms with Gasteiger partial charge in [0.1, 0.15) is 0 Å². The molecule has 5 heteroatoms. The molecule has 1 aliphatic heterocycles. The van der Waals surface area contributed by atoms with Gasteiger partial charge in [0, 0.05) is 35.4 Å². The largest absolute Gasteiger partial charge is 0.388 e. The number of nitrogens with one attached hydrogen (secondary N) is 1. The summed E-state index contributed by atoms with van der Waals surface area (Å²) in [5, 5.41) is 15.4. The first-order valence-electron chi connectivity index (χ1n) is 6.70. The van der Waals surface area contributed by atoms with Crippen molar-refractivity contribution in [2.24, 2.45) is 0 Å². The normalized spacial score (nSPS) is 22.5. The van der Waals surface area contributed by atoms with Crippen LogP contribution in [-0.4, -0.2) is 33.7 Å². The van der Waals surface area contributed by atoms with E-state index in [2.05, 4.69) is 10.3 Å². The van der Waals surface area contributed by atoms with Crippen molar-refractivity contribution >= 4 is 34.3 Å². The fraction of sp³-hybridized carbons (Fsp3) is 0.400. The molecule has 2 aromatic rings. The van der Waals surface area contributed by atoms with Gasteiger partial charge in [-0.15, -0.1) is 0 Å². The van der Waals surface area contributed by atoms with Crippen LogP contribution in [0.1, 0.15) is 12.0 Å². The maximum absolute atomic E-state index is 10.3. The summed E-state index contributed by atoms with van der Waals surface area (Å²) in [7, 11) is 0. The number of halogens is 1. The second kappa shape index (κ2) is 5.90. The molecule has 0 aliphatic carbocycles. The van der Waals surface area contributed by atoms with E-state index >= 15 is 0 Å². The Kier molecular flexibility index (Phi) is 4.17. The van der Waals surface area contributed by atoms with Crippen molar-refractivity contribution in [1.82, 2.24) is 10.3 Å². The quantitative estimate of drug-likeness (QED) is 0.911. The van der Waals surface area contributed by atoms with Gasteiger partial charge in [-0.05, 0) is 35.9 Å². The van der Waals surface area contributed by atoms with Gasteiger partial charge in [-0.2, -0.15) is 11.8 Å². The number of aliphatic hydroxyl groups is 1. The molecule has 20 heavy (non-hydrogen) atoms. The molecule has 1 aromatic heterocycles. The van der Waals surface area contributed by atoms with Gasteiger partial charge in [-0.25, -0.2) is 0 Å². The first-order chi connectivity index (χ1) is 9.66. The van der Waals surface area contributed by atoms with Crippen LogP contribution in [0.3, 0.4) is 0 Å². The average molecular weight is 309 g/mol. The minimum Gasteiger partial charge on any atom is -0.388 e. The number of rotatable bonds is 4. The zero-order chi connectivity index (χ0) is 14.0. The van der Waals surface area contributed by atoms with Crippen molar-refractivity contribution in [1.29, 1.82) is 0 Å². The number of hydrogen-bond donors (Lipinski definition) is 2. The molecule has 2 heterocycles. The fourth-order valence-electron chi connectivity index (χ4n) is 2.53. The van der Waals surface area contributed by atoms with E-state index < -0.39 is 5.60 Å². The van der Waals surface area contributed by atoms with Crippen LogP contribution in [-0.2, 0) is 6.54 Å². The smallest absolute Gasteiger partial charge is 0.0869 e. The van der Waals surface area contributed by atoms with E-state index in [4.69, 9.17) is 11.6 Å². The van der Waals surface area contributed by atoms with Crippen molar-refractivity contribution in [3.8, 4) is 0 Å². The average Bonchev–Trinajstić information content (AvgIpc) is 2.85. The molecule has 0 bridgehead atoms. The summed E-state index contributed by atoms with van der Waals surface area (Å²) >= 11 is 7.96. The first-order valence-corrected chi connectivity index (χ1v) is 8.24. The zero-order valence-corrected chi connectivity index (χ0v) is 12.7. The van der Waals surface area contributed by atoms with Crippen LogP contribution in [0, 0.1) is 0 Å². The van der Waals surface area contributed by atoms with E-state index in [9.17, 15) is 5.11 Å². The summed E-state index contributed by atoms with van der Waals surface area (Å²) in [5.41, 5.74) is 1.48. The highest BCUT2D eigenvalue weighted by Gasteiger charge is 2.31. The Morgan fingerprint density at radius 2 is 2.35 bits per heavy atom. The lowest BCUT2D eigenvalue weighted by Gasteiger charge is -2.21. The number of pyridine rings is 1. The van der Waals surface area contributed by atoms with Crippen molar-refractivity contribution in [2.45, 2.75) is 18.6 Å². The molecule has 3 nitrogen and oxygen atoms in total. The number of nitrogens with zero attached hydrogens (tertiary/aromatic N) is 1. The molecule has 0 amide bonds. The van der Waals surface area contributed by atoms with E-state index in [0.717, 1.165) is 39.4 Å². The van der Waals surface area contributed by atoms with Crippen LogP contribution in [0.4, 0.5) is 0 Å². The number of benzene rings is 1. The molecule has 2 N–H and O–H groups in total. The van der Waals surface area contributed by atoms with E-state index in [1.807, 2.05) is 36.0 Å². The minimum absolute atomic E-state index is 0.563. The summed E-state index contributed by atoms with van der Waals surface area (Å²) in [5.74, 6) is 1.86. The number of thioether (sulfide) groups is 1. The molecule has 0 spiro atoms. The van der Waals surface area contributed by atoms with Crippen LogP contribution in [0.5, 0.6) is 0 Å². The van der Waals surface area contributed by atoms with Crippen LogP contribution >= 0.6 is 23.4 Å². The summed E-state index contributed by atoms with van der Waals surface area (Å²) in [4.78, 5) is 4.42. The zero-order valence-electron chi connectivity index (χ0n) is 11.1. The molecule has 0 radical (unpaired) electrons. The van der Waals surface area contributed by atoms with E-state index in [1.54, 1.807) is 6.20 Å².